The van der Waals surface area contributed by atoms with Crippen LogP contribution >= 0.6 is 0 Å². The number of rotatable bonds is 6. The minimum atomic E-state index is -0.148. The molecule has 5 nitrogen and oxygen atoms in total. The van der Waals surface area contributed by atoms with Crippen molar-refractivity contribution in [1.29, 1.82) is 0 Å². The fraction of sp³-hybridized carbons (Fsp3) is 0.667. The van der Waals surface area contributed by atoms with E-state index in [1.54, 1.807) is 0 Å². The van der Waals surface area contributed by atoms with Gasteiger partial charge in [0.15, 0.2) is 6.54 Å². The van der Waals surface area contributed by atoms with Crippen LogP contribution in [0, 0.1) is 5.92 Å². The highest BCUT2D eigenvalue weighted by molar-refractivity contribution is 5.79. The SMILES string of the molecule is COC(=O)C[N+]1(C)[C@@H]2CC[C@H]1CC(OC(=O)C(c1ccccc1)C1CCCC1)C2. The van der Waals surface area contributed by atoms with Crippen LogP contribution in [0.1, 0.15) is 62.8 Å². The van der Waals surface area contributed by atoms with Gasteiger partial charge in [-0.05, 0) is 24.3 Å². The van der Waals surface area contributed by atoms with Crippen LogP contribution in [0.25, 0.3) is 0 Å². The van der Waals surface area contributed by atoms with E-state index < -0.39 is 0 Å². The number of esters is 2. The van der Waals surface area contributed by atoms with Gasteiger partial charge >= 0.3 is 11.9 Å². The van der Waals surface area contributed by atoms with Crippen LogP contribution in [-0.2, 0) is 19.1 Å². The summed E-state index contributed by atoms with van der Waals surface area (Å²) in [5.74, 6) is 0.0570. The first kappa shape index (κ1) is 20.4. The van der Waals surface area contributed by atoms with Gasteiger partial charge in [0, 0.05) is 25.7 Å². The molecule has 1 aromatic rings. The summed E-state index contributed by atoms with van der Waals surface area (Å²) in [6.07, 6.45) is 8.49. The Morgan fingerprint density at radius 3 is 2.24 bits per heavy atom. The lowest BCUT2D eigenvalue weighted by Crippen LogP contribution is -2.61. The van der Waals surface area contributed by atoms with Gasteiger partial charge in [-0.3, -0.25) is 4.79 Å². The summed E-state index contributed by atoms with van der Waals surface area (Å²) in [4.78, 5) is 25.3. The molecular weight excluding hydrogens is 366 g/mol. The highest BCUT2D eigenvalue weighted by atomic mass is 16.5. The number of ether oxygens (including phenoxy) is 2. The molecule has 2 aliphatic heterocycles. The summed E-state index contributed by atoms with van der Waals surface area (Å²) in [5.41, 5.74) is 1.09. The number of piperidine rings is 1. The second-order valence-corrected chi connectivity index (χ2v) is 9.43. The quantitative estimate of drug-likeness (QED) is 0.538. The average Bonchev–Trinajstić information content (AvgIpc) is 3.26. The lowest BCUT2D eigenvalue weighted by molar-refractivity contribution is -0.942. The van der Waals surface area contributed by atoms with Gasteiger partial charge in [-0.2, -0.15) is 0 Å². The van der Waals surface area contributed by atoms with Crippen molar-refractivity contribution in [3.05, 3.63) is 35.9 Å². The van der Waals surface area contributed by atoms with Crippen molar-refractivity contribution in [2.45, 2.75) is 75.5 Å². The Morgan fingerprint density at radius 1 is 1.03 bits per heavy atom. The number of nitrogens with zero attached hydrogens (tertiary/aromatic N) is 1. The number of fused-ring (bicyclic) bond motifs is 2. The summed E-state index contributed by atoms with van der Waals surface area (Å²) in [7, 11) is 3.63. The molecule has 3 aliphatic rings. The normalized spacial score (nSPS) is 32.7. The van der Waals surface area contributed by atoms with E-state index in [0.29, 0.717) is 24.5 Å². The van der Waals surface area contributed by atoms with E-state index in [0.717, 1.165) is 48.6 Å². The minimum absolute atomic E-state index is 0.0311. The van der Waals surface area contributed by atoms with Crippen molar-refractivity contribution in [2.24, 2.45) is 5.92 Å². The first-order valence-corrected chi connectivity index (χ1v) is 11.2. The summed E-state index contributed by atoms with van der Waals surface area (Å²) >= 11 is 0. The Kier molecular flexibility index (Phi) is 5.95. The zero-order chi connectivity index (χ0) is 20.4. The highest BCUT2D eigenvalue weighted by Gasteiger charge is 2.53. The zero-order valence-corrected chi connectivity index (χ0v) is 17.7. The fourth-order valence-electron chi connectivity index (χ4n) is 6.18. The molecule has 5 atom stereocenters. The van der Waals surface area contributed by atoms with Crippen molar-refractivity contribution >= 4 is 11.9 Å². The number of carbonyl (C=O) groups is 2. The predicted octanol–water partition coefficient (Wildman–Crippen LogP) is 3.82. The Morgan fingerprint density at radius 2 is 1.66 bits per heavy atom. The van der Waals surface area contributed by atoms with Gasteiger partial charge in [-0.15, -0.1) is 0 Å². The highest BCUT2D eigenvalue weighted by Crippen LogP contribution is 2.43. The van der Waals surface area contributed by atoms with Crippen LogP contribution in [0.3, 0.4) is 0 Å². The standard InChI is InChI=1S/C24H34NO4/c1-25(16-22(26)28-2)19-12-13-20(25)15-21(14-19)29-24(27)23(18-10-6-7-11-18)17-8-4-3-5-9-17/h3-5,8-9,18-21,23H,6-7,10-16H2,1-2H3/q+1/t19-,20+,21?,23?,25?. The third-order valence-electron chi connectivity index (χ3n) is 7.84. The number of methoxy groups -OCH3 is 1. The van der Waals surface area contributed by atoms with Crippen LogP contribution in [0.2, 0.25) is 0 Å². The monoisotopic (exact) mass is 400 g/mol. The summed E-state index contributed by atoms with van der Waals surface area (Å²) < 4.78 is 11.8. The van der Waals surface area contributed by atoms with E-state index >= 15 is 0 Å². The molecule has 5 heteroatoms. The molecule has 0 radical (unpaired) electrons. The van der Waals surface area contributed by atoms with Gasteiger partial charge in [-0.1, -0.05) is 43.2 Å². The Bertz CT molecular complexity index is 714. The summed E-state index contributed by atoms with van der Waals surface area (Å²) in [6.45, 7) is 0.418. The third-order valence-corrected chi connectivity index (χ3v) is 7.84. The van der Waals surface area contributed by atoms with Crippen molar-refractivity contribution in [3.63, 3.8) is 0 Å². The predicted molar refractivity (Wildman–Crippen MR) is 110 cm³/mol. The summed E-state index contributed by atoms with van der Waals surface area (Å²) in [6, 6.07) is 10.9. The van der Waals surface area contributed by atoms with Crippen LogP contribution < -0.4 is 0 Å². The zero-order valence-electron chi connectivity index (χ0n) is 17.7. The van der Waals surface area contributed by atoms with Crippen molar-refractivity contribution in [1.82, 2.24) is 0 Å². The van der Waals surface area contributed by atoms with Gasteiger partial charge in [0.2, 0.25) is 0 Å². The molecule has 0 N–H and O–H groups in total. The molecule has 3 unspecified atom stereocenters. The van der Waals surface area contributed by atoms with E-state index in [1.807, 2.05) is 18.2 Å². The number of quaternary nitrogens is 1. The van der Waals surface area contributed by atoms with Gasteiger partial charge < -0.3 is 14.0 Å². The van der Waals surface area contributed by atoms with Gasteiger partial charge in [0.05, 0.1) is 32.2 Å². The molecule has 2 saturated heterocycles. The number of benzene rings is 1. The van der Waals surface area contributed by atoms with Crippen molar-refractivity contribution < 1.29 is 23.5 Å². The molecule has 158 valence electrons. The molecule has 1 saturated carbocycles. The van der Waals surface area contributed by atoms with E-state index in [1.165, 1.54) is 20.0 Å². The first-order chi connectivity index (χ1) is 14.0. The van der Waals surface area contributed by atoms with Gasteiger partial charge in [-0.25, -0.2) is 4.79 Å². The number of likely N-dealkylation sites (N-methyl/N-ethyl adjacent to an activating group) is 1. The van der Waals surface area contributed by atoms with E-state index in [2.05, 4.69) is 19.2 Å². The van der Waals surface area contributed by atoms with E-state index in [9.17, 15) is 9.59 Å². The van der Waals surface area contributed by atoms with Crippen LogP contribution in [0.15, 0.2) is 30.3 Å². The smallest absolute Gasteiger partial charge is 0.361 e. The lowest BCUT2D eigenvalue weighted by atomic mass is 9.84. The van der Waals surface area contributed by atoms with Crippen LogP contribution in [0.5, 0.6) is 0 Å². The molecule has 1 aliphatic carbocycles. The largest absolute Gasteiger partial charge is 0.465 e. The van der Waals surface area contributed by atoms with E-state index in [-0.39, 0.29) is 24.0 Å². The molecule has 0 amide bonds. The van der Waals surface area contributed by atoms with Gasteiger partial charge in [0.1, 0.15) is 6.10 Å². The maximum Gasteiger partial charge on any atom is 0.361 e. The molecule has 0 aromatic heterocycles. The number of carbonyl (C=O) groups excluding carboxylic acids is 2. The topological polar surface area (TPSA) is 52.6 Å². The fourth-order valence-corrected chi connectivity index (χ4v) is 6.18. The maximum absolute atomic E-state index is 13.3. The molecule has 2 bridgehead atoms. The molecule has 3 fully saturated rings. The van der Waals surface area contributed by atoms with Crippen LogP contribution in [-0.4, -0.2) is 55.3 Å². The second-order valence-electron chi connectivity index (χ2n) is 9.43. The summed E-state index contributed by atoms with van der Waals surface area (Å²) in [5, 5.41) is 0. The first-order valence-electron chi connectivity index (χ1n) is 11.2. The van der Waals surface area contributed by atoms with Gasteiger partial charge in [0.25, 0.3) is 0 Å². The molecule has 29 heavy (non-hydrogen) atoms. The second kappa shape index (κ2) is 8.47. The Balaban J connectivity index is 1.45. The molecular formula is C24H34NO4+. The maximum atomic E-state index is 13.3. The molecule has 0 spiro atoms. The van der Waals surface area contributed by atoms with Crippen LogP contribution in [0.4, 0.5) is 0 Å². The lowest BCUT2D eigenvalue weighted by Gasteiger charge is -2.46. The van der Waals surface area contributed by atoms with Crippen molar-refractivity contribution in [2.75, 3.05) is 20.7 Å². The Labute approximate surface area is 174 Å². The molecule has 2 heterocycles. The van der Waals surface area contributed by atoms with E-state index in [4.69, 9.17) is 9.47 Å². The minimum Gasteiger partial charge on any atom is -0.465 e. The third kappa shape index (κ3) is 4.07. The molecule has 1 aromatic carbocycles. The Hall–Kier alpha value is -1.88. The average molecular weight is 401 g/mol. The van der Waals surface area contributed by atoms with Crippen molar-refractivity contribution in [3.8, 4) is 0 Å². The molecule has 4 rings (SSSR count). The number of hydrogen-bond donors (Lipinski definition) is 0. The number of hydrogen-bond acceptors (Lipinski definition) is 4.